The zero-order chi connectivity index (χ0) is 52.3. The Kier molecular flexibility index (Phi) is 15.2. The molecule has 0 unspecified atom stereocenters. The Hall–Kier alpha value is -6.84. The SMILES string of the molecule is Cc1ccc(S(=O)(=O)Oc2ccc(OS(=O)(=O)c3ccc(C)cc3)c(S(=O)(=O)ON=C3CCCCC3=NOS(=O)(=O)c3cc(OS(=O)(=O)c4ccc(C)cc4)ccc3OS(=O)(=O)c3ccc(C)cc3)c2)cc1. The molecule has 0 aliphatic heterocycles. The van der Waals surface area contributed by atoms with Gasteiger partial charge in [-0.2, -0.15) is 50.5 Å². The van der Waals surface area contributed by atoms with Crippen molar-refractivity contribution in [2.45, 2.75) is 82.8 Å². The summed E-state index contributed by atoms with van der Waals surface area (Å²) < 4.78 is 193. The Morgan fingerprint density at radius 2 is 0.597 bits per heavy atom. The summed E-state index contributed by atoms with van der Waals surface area (Å²) in [6.45, 7) is 6.83. The third-order valence-electron chi connectivity index (χ3n) is 10.3. The van der Waals surface area contributed by atoms with Gasteiger partial charge in [0.15, 0.2) is 21.3 Å². The fourth-order valence-corrected chi connectivity index (χ4v) is 12.1. The summed E-state index contributed by atoms with van der Waals surface area (Å²) in [7, 11) is -29.3. The molecule has 0 N–H and O–H groups in total. The van der Waals surface area contributed by atoms with E-state index >= 15 is 0 Å². The van der Waals surface area contributed by atoms with E-state index in [2.05, 4.69) is 10.3 Å². The van der Waals surface area contributed by atoms with Crippen LogP contribution in [0.5, 0.6) is 23.0 Å². The third kappa shape index (κ3) is 12.8. The topological polar surface area (TPSA) is 285 Å². The first-order chi connectivity index (χ1) is 33.7. The van der Waals surface area contributed by atoms with Gasteiger partial charge in [0.1, 0.15) is 42.5 Å². The molecular formula is C46H42N2O18S6. The minimum absolute atomic E-state index is 0.0930. The molecule has 6 aromatic rings. The smallest absolute Gasteiger partial charge is 0.362 e. The summed E-state index contributed by atoms with van der Waals surface area (Å²) >= 11 is 0. The number of nitrogens with zero attached hydrogens (tertiary/aromatic N) is 2. The van der Waals surface area contributed by atoms with Crippen molar-refractivity contribution >= 4 is 72.1 Å². The second kappa shape index (κ2) is 20.7. The number of oxime groups is 2. The van der Waals surface area contributed by atoms with Gasteiger partial charge in [0.2, 0.25) is 0 Å². The molecule has 0 amide bonds. The summed E-state index contributed by atoms with van der Waals surface area (Å²) in [4.78, 5) is -3.44. The van der Waals surface area contributed by atoms with Gasteiger partial charge >= 0.3 is 60.7 Å². The molecule has 26 heteroatoms. The predicted octanol–water partition coefficient (Wildman–Crippen LogP) is 7.39. The number of hydrogen-bond donors (Lipinski definition) is 0. The third-order valence-corrected chi connectivity index (χ3v) is 17.6. The molecule has 0 saturated heterocycles. The number of benzene rings is 6. The highest BCUT2D eigenvalue weighted by Gasteiger charge is 2.32. The Morgan fingerprint density at radius 3 is 0.875 bits per heavy atom. The van der Waals surface area contributed by atoms with E-state index in [0.717, 1.165) is 35.4 Å². The standard InChI is InChI=1S/C46H42N2O18S6/c1-31-9-19-37(20-10-31)67(49,50)61-35-17-27-43(63-69(53,54)39-23-13-33(3)14-24-39)45(29-35)71(57,58)65-47-41-7-5-6-8-42(41)48-66-72(59,60)46-30-36(62-68(51,52)38-21-11-32(2)12-22-38)18-28-44(46)64-70(55,56)40-25-15-34(4)16-26-40/h9-30H,5-8H2,1-4H3. The highest BCUT2D eigenvalue weighted by Crippen LogP contribution is 2.36. The molecule has 1 fully saturated rings. The van der Waals surface area contributed by atoms with Gasteiger partial charge in [0, 0.05) is 12.1 Å². The first-order valence-corrected chi connectivity index (χ1v) is 29.5. The lowest BCUT2D eigenvalue weighted by molar-refractivity contribution is 0.329. The van der Waals surface area contributed by atoms with E-state index < -0.39 is 93.5 Å². The Bertz CT molecular complexity index is 3540. The molecule has 0 spiro atoms. The number of rotatable bonds is 18. The maximum absolute atomic E-state index is 14.0. The van der Waals surface area contributed by atoms with Gasteiger partial charge in [-0.05, 0) is 126 Å². The lowest BCUT2D eigenvalue weighted by Gasteiger charge is -2.16. The van der Waals surface area contributed by atoms with Crippen molar-refractivity contribution in [1.29, 1.82) is 0 Å². The van der Waals surface area contributed by atoms with E-state index in [1.165, 1.54) is 97.1 Å². The van der Waals surface area contributed by atoms with Crippen molar-refractivity contribution in [2.75, 3.05) is 0 Å². The second-order valence-electron chi connectivity index (χ2n) is 16.0. The van der Waals surface area contributed by atoms with Crippen molar-refractivity contribution < 1.29 is 75.8 Å². The fraction of sp³-hybridized carbons (Fsp3) is 0.174. The van der Waals surface area contributed by atoms with Crippen LogP contribution in [-0.2, 0) is 69.3 Å². The monoisotopic (exact) mass is 1100 g/mol. The predicted molar refractivity (Wildman–Crippen MR) is 259 cm³/mol. The highest BCUT2D eigenvalue weighted by molar-refractivity contribution is 7.89. The van der Waals surface area contributed by atoms with Gasteiger partial charge < -0.3 is 16.7 Å². The summed E-state index contributed by atoms with van der Waals surface area (Å²) in [5.74, 6) is -2.94. The quantitative estimate of drug-likeness (QED) is 0.0599. The Morgan fingerprint density at radius 1 is 0.333 bits per heavy atom. The van der Waals surface area contributed by atoms with E-state index in [1.807, 2.05) is 0 Å². The Balaban J connectivity index is 1.22. The van der Waals surface area contributed by atoms with Crippen LogP contribution >= 0.6 is 0 Å². The van der Waals surface area contributed by atoms with Gasteiger partial charge in [-0.3, -0.25) is 8.57 Å². The molecule has 0 bridgehead atoms. The van der Waals surface area contributed by atoms with Crippen molar-refractivity contribution in [2.24, 2.45) is 10.3 Å². The minimum Gasteiger partial charge on any atom is -0.379 e. The molecule has 0 heterocycles. The molecule has 0 aromatic heterocycles. The van der Waals surface area contributed by atoms with E-state index in [4.69, 9.17) is 25.3 Å². The average molecular weight is 1100 g/mol. The van der Waals surface area contributed by atoms with Crippen LogP contribution in [0.4, 0.5) is 0 Å². The van der Waals surface area contributed by atoms with Crippen LogP contribution in [0.15, 0.2) is 173 Å². The molecule has 1 aliphatic carbocycles. The lowest BCUT2D eigenvalue weighted by atomic mass is 9.97. The van der Waals surface area contributed by atoms with Crippen LogP contribution in [0.2, 0.25) is 0 Å². The van der Waals surface area contributed by atoms with Crippen LogP contribution in [0.25, 0.3) is 0 Å². The molecule has 380 valence electrons. The molecule has 20 nitrogen and oxygen atoms in total. The van der Waals surface area contributed by atoms with Gasteiger partial charge in [-0.15, -0.1) is 0 Å². The first-order valence-electron chi connectivity index (χ1n) is 21.1. The molecule has 6 aromatic carbocycles. The molecule has 1 aliphatic rings. The molecule has 0 radical (unpaired) electrons. The first kappa shape index (κ1) is 53.0. The van der Waals surface area contributed by atoms with Gasteiger partial charge in [-0.1, -0.05) is 81.1 Å². The van der Waals surface area contributed by atoms with E-state index in [0.29, 0.717) is 36.1 Å². The second-order valence-corrected chi connectivity index (χ2v) is 25.1. The summed E-state index contributed by atoms with van der Waals surface area (Å²) in [5.41, 5.74) is 2.28. The minimum atomic E-state index is -5.30. The van der Waals surface area contributed by atoms with E-state index in [-0.39, 0.29) is 43.8 Å². The van der Waals surface area contributed by atoms with E-state index in [9.17, 15) is 50.5 Å². The zero-order valence-corrected chi connectivity index (χ0v) is 43.1. The number of hydrogen-bond acceptors (Lipinski definition) is 20. The molecular weight excluding hydrogens is 1060 g/mol. The van der Waals surface area contributed by atoms with Crippen molar-refractivity contribution in [1.82, 2.24) is 0 Å². The van der Waals surface area contributed by atoms with Gasteiger partial charge in [-0.25, -0.2) is 0 Å². The maximum Gasteiger partial charge on any atom is 0.362 e. The summed E-state index contributed by atoms with van der Waals surface area (Å²) in [6, 6.07) is 26.5. The van der Waals surface area contributed by atoms with Crippen LogP contribution in [-0.4, -0.2) is 61.9 Å². The highest BCUT2D eigenvalue weighted by atomic mass is 32.2. The van der Waals surface area contributed by atoms with Gasteiger partial charge in [0.05, 0.1) is 0 Å². The maximum atomic E-state index is 14.0. The summed E-state index contributed by atoms with van der Waals surface area (Å²) in [6.07, 6.45) is 0.483. The lowest BCUT2D eigenvalue weighted by Crippen LogP contribution is -2.22. The Labute approximate surface area is 417 Å². The normalized spacial score (nSPS) is 14.9. The van der Waals surface area contributed by atoms with Gasteiger partial charge in [0.25, 0.3) is 0 Å². The molecule has 7 rings (SSSR count). The zero-order valence-electron chi connectivity index (χ0n) is 38.2. The van der Waals surface area contributed by atoms with Crippen LogP contribution < -0.4 is 16.7 Å². The fourth-order valence-electron chi connectivity index (χ4n) is 6.45. The van der Waals surface area contributed by atoms with Crippen LogP contribution in [0.3, 0.4) is 0 Å². The van der Waals surface area contributed by atoms with Crippen molar-refractivity contribution in [3.8, 4) is 23.0 Å². The van der Waals surface area contributed by atoms with Crippen molar-refractivity contribution in [3.63, 3.8) is 0 Å². The van der Waals surface area contributed by atoms with E-state index in [1.54, 1.807) is 27.7 Å². The molecule has 1 saturated carbocycles. The summed E-state index contributed by atoms with van der Waals surface area (Å²) in [5, 5.41) is 7.43. The molecule has 72 heavy (non-hydrogen) atoms. The average Bonchev–Trinajstić information content (AvgIpc) is 3.31. The van der Waals surface area contributed by atoms with Crippen molar-refractivity contribution in [3.05, 3.63) is 156 Å². The van der Waals surface area contributed by atoms with Crippen LogP contribution in [0, 0.1) is 27.7 Å². The largest absolute Gasteiger partial charge is 0.379 e. The molecule has 0 atom stereocenters. The van der Waals surface area contributed by atoms with Crippen LogP contribution in [0.1, 0.15) is 47.9 Å². The number of aryl methyl sites for hydroxylation is 4.